The second-order valence-electron chi connectivity index (χ2n) is 12.7. The number of hydrogen-bond donors (Lipinski definition) is 0. The predicted octanol–water partition coefficient (Wildman–Crippen LogP) is 9.85. The third-order valence-corrected chi connectivity index (χ3v) is 9.65. The first-order valence-electron chi connectivity index (χ1n) is 16.6. The van der Waals surface area contributed by atoms with Gasteiger partial charge in [0.25, 0.3) is 6.71 Å². The molecule has 0 fully saturated rings. The van der Waals surface area contributed by atoms with Crippen LogP contribution < -0.4 is 30.9 Å². The van der Waals surface area contributed by atoms with Gasteiger partial charge in [0.15, 0.2) is 0 Å². The van der Waals surface area contributed by atoms with E-state index >= 15 is 0 Å². The van der Waals surface area contributed by atoms with Crippen LogP contribution in [-0.4, -0.2) is 6.71 Å². The molecule has 2 aliphatic heterocycles. The molecule has 0 unspecified atom stereocenters. The highest BCUT2D eigenvalue weighted by Crippen LogP contribution is 2.45. The van der Waals surface area contributed by atoms with Crippen molar-refractivity contribution in [2.24, 2.45) is 0 Å². The Balaban J connectivity index is 1.28. The molecule has 0 bridgehead atoms. The van der Waals surface area contributed by atoms with E-state index in [1.54, 1.807) is 0 Å². The molecule has 3 nitrogen and oxygen atoms in total. The number of aryl methyl sites for hydroxylation is 2. The summed E-state index contributed by atoms with van der Waals surface area (Å²) in [6, 6.07) is 58.8. The number of rotatable bonds is 5. The van der Waals surface area contributed by atoms with E-state index in [0.717, 1.165) is 51.1 Å². The maximum absolute atomic E-state index is 7.16. The highest BCUT2D eigenvalue weighted by Gasteiger charge is 2.42. The van der Waals surface area contributed by atoms with E-state index in [4.69, 9.17) is 4.74 Å². The van der Waals surface area contributed by atoms with Crippen molar-refractivity contribution >= 4 is 57.2 Å². The smallest absolute Gasteiger partial charge is 0.256 e. The summed E-state index contributed by atoms with van der Waals surface area (Å²) in [6.45, 7) is 4.27. The van der Waals surface area contributed by atoms with Crippen LogP contribution in [0.3, 0.4) is 0 Å². The monoisotopic (exact) mass is 616 g/mol. The molecule has 0 amide bonds. The first-order valence-corrected chi connectivity index (χ1v) is 16.6. The van der Waals surface area contributed by atoms with E-state index < -0.39 is 0 Å². The van der Waals surface area contributed by atoms with Crippen LogP contribution in [0.1, 0.15) is 11.1 Å². The van der Waals surface area contributed by atoms with Crippen molar-refractivity contribution < 1.29 is 4.74 Å². The van der Waals surface area contributed by atoms with Crippen molar-refractivity contribution in [2.45, 2.75) is 13.8 Å². The summed E-state index contributed by atoms with van der Waals surface area (Å²) in [7, 11) is 0. The lowest BCUT2D eigenvalue weighted by Gasteiger charge is -2.40. The van der Waals surface area contributed by atoms with Gasteiger partial charge in [0.05, 0.1) is 0 Å². The molecular weight excluding hydrogens is 583 g/mol. The van der Waals surface area contributed by atoms with Gasteiger partial charge in [0.2, 0.25) is 0 Å². The molecule has 7 aromatic rings. The van der Waals surface area contributed by atoms with Gasteiger partial charge in [-0.2, -0.15) is 0 Å². The van der Waals surface area contributed by atoms with Crippen molar-refractivity contribution in [3.63, 3.8) is 0 Å². The first kappa shape index (κ1) is 28.2. The SMILES string of the molecule is Cc1ccc(N(c2ccc(C)cc2)c2ccc3c(c2)Oc2c(-c4ccccc4)ccc4c2B3c2ccccc2N4c2ccccc2)cc1. The van der Waals surface area contributed by atoms with Crippen LogP contribution in [0.25, 0.3) is 11.1 Å². The number of benzene rings is 7. The lowest BCUT2D eigenvalue weighted by molar-refractivity contribution is 0.489. The molecule has 0 atom stereocenters. The largest absolute Gasteiger partial charge is 0.458 e. The molecule has 4 heteroatoms. The minimum absolute atomic E-state index is 0.0137. The molecular formula is C44H33BN2O. The maximum Gasteiger partial charge on any atom is 0.256 e. The van der Waals surface area contributed by atoms with Gasteiger partial charge in [-0.15, -0.1) is 0 Å². The summed E-state index contributed by atoms with van der Waals surface area (Å²) >= 11 is 0. The van der Waals surface area contributed by atoms with Crippen molar-refractivity contribution in [3.05, 3.63) is 175 Å². The summed E-state index contributed by atoms with van der Waals surface area (Å²) in [5.41, 5.74) is 15.1. The fourth-order valence-electron chi connectivity index (χ4n) is 7.35. The number of anilines is 6. The Kier molecular flexibility index (Phi) is 6.68. The van der Waals surface area contributed by atoms with Gasteiger partial charge in [0, 0.05) is 45.8 Å². The van der Waals surface area contributed by atoms with Crippen molar-refractivity contribution in [3.8, 4) is 22.6 Å². The van der Waals surface area contributed by atoms with Gasteiger partial charge < -0.3 is 14.5 Å². The Morgan fingerprint density at radius 2 is 1.12 bits per heavy atom. The molecule has 2 aliphatic rings. The Morgan fingerprint density at radius 3 is 1.81 bits per heavy atom. The van der Waals surface area contributed by atoms with Gasteiger partial charge in [-0.3, -0.25) is 0 Å². The third kappa shape index (κ3) is 4.60. The van der Waals surface area contributed by atoms with E-state index in [0.29, 0.717) is 0 Å². The summed E-state index contributed by atoms with van der Waals surface area (Å²) < 4.78 is 7.16. The molecule has 0 spiro atoms. The normalized spacial score (nSPS) is 12.5. The standard InChI is InChI=1S/C44H33BN2O/c1-30-17-21-34(22-18-30)46(35-23-19-31(2)20-24-35)36-25-27-39-42(29-36)48-44-37(32-11-5-3-6-12-32)26-28-41-43(44)45(39)38-15-9-10-16-40(38)47(41)33-13-7-4-8-14-33/h3-29H,1-2H3. The molecule has 0 aromatic heterocycles. The van der Waals surface area contributed by atoms with E-state index in [9.17, 15) is 0 Å². The maximum atomic E-state index is 7.16. The fourth-order valence-corrected chi connectivity index (χ4v) is 7.35. The lowest BCUT2D eigenvalue weighted by Crippen LogP contribution is -2.59. The van der Waals surface area contributed by atoms with Gasteiger partial charge in [-0.25, -0.2) is 0 Å². The molecule has 0 saturated carbocycles. The second kappa shape index (κ2) is 11.4. The van der Waals surface area contributed by atoms with E-state index in [1.807, 2.05) is 0 Å². The predicted molar refractivity (Wildman–Crippen MR) is 202 cm³/mol. The fraction of sp³-hybridized carbons (Fsp3) is 0.0455. The van der Waals surface area contributed by atoms with Crippen LogP contribution in [0.2, 0.25) is 0 Å². The zero-order chi connectivity index (χ0) is 32.2. The number of nitrogens with zero attached hydrogens (tertiary/aromatic N) is 2. The quantitative estimate of drug-likeness (QED) is 0.179. The minimum Gasteiger partial charge on any atom is -0.458 e. The van der Waals surface area contributed by atoms with E-state index in [1.165, 1.54) is 33.2 Å². The van der Waals surface area contributed by atoms with Crippen LogP contribution in [0.5, 0.6) is 11.5 Å². The Bertz CT molecular complexity index is 2240. The van der Waals surface area contributed by atoms with Gasteiger partial charge >= 0.3 is 0 Å². The molecule has 2 heterocycles. The lowest BCUT2D eigenvalue weighted by atomic mass is 9.34. The summed E-state index contributed by atoms with van der Waals surface area (Å²) in [6.07, 6.45) is 0. The number of para-hydroxylation sites is 2. The summed E-state index contributed by atoms with van der Waals surface area (Å²) in [5.74, 6) is 1.80. The molecule has 48 heavy (non-hydrogen) atoms. The average Bonchev–Trinajstić information content (AvgIpc) is 3.14. The van der Waals surface area contributed by atoms with Crippen LogP contribution >= 0.6 is 0 Å². The van der Waals surface area contributed by atoms with Gasteiger partial charge in [-0.05, 0) is 96.5 Å². The second-order valence-corrected chi connectivity index (χ2v) is 12.7. The molecule has 7 aromatic carbocycles. The summed E-state index contributed by atoms with van der Waals surface area (Å²) in [5, 5.41) is 0. The molecule has 9 rings (SSSR count). The molecule has 0 saturated heterocycles. The minimum atomic E-state index is 0.0137. The molecule has 0 radical (unpaired) electrons. The van der Waals surface area contributed by atoms with Crippen molar-refractivity contribution in [1.29, 1.82) is 0 Å². The highest BCUT2D eigenvalue weighted by atomic mass is 16.5. The zero-order valence-corrected chi connectivity index (χ0v) is 27.0. The third-order valence-electron chi connectivity index (χ3n) is 9.65. The molecule has 0 aliphatic carbocycles. The van der Waals surface area contributed by atoms with Crippen LogP contribution in [-0.2, 0) is 0 Å². The number of hydrogen-bond acceptors (Lipinski definition) is 3. The van der Waals surface area contributed by atoms with Crippen LogP contribution in [0.15, 0.2) is 164 Å². The van der Waals surface area contributed by atoms with E-state index in [2.05, 4.69) is 187 Å². The average molecular weight is 617 g/mol. The van der Waals surface area contributed by atoms with Crippen LogP contribution in [0, 0.1) is 13.8 Å². The van der Waals surface area contributed by atoms with Gasteiger partial charge in [-0.1, -0.05) is 108 Å². The molecule has 0 N–H and O–H groups in total. The topological polar surface area (TPSA) is 15.7 Å². The number of fused-ring (bicyclic) bond motifs is 4. The summed E-state index contributed by atoms with van der Waals surface area (Å²) in [4.78, 5) is 4.71. The zero-order valence-electron chi connectivity index (χ0n) is 27.0. The highest BCUT2D eigenvalue weighted by molar-refractivity contribution is 6.99. The first-order chi connectivity index (χ1) is 23.6. The van der Waals surface area contributed by atoms with Crippen molar-refractivity contribution in [1.82, 2.24) is 0 Å². The van der Waals surface area contributed by atoms with E-state index in [-0.39, 0.29) is 6.71 Å². The van der Waals surface area contributed by atoms with Gasteiger partial charge in [0.1, 0.15) is 11.5 Å². The Hall–Kier alpha value is -6.00. The Labute approximate surface area is 282 Å². The Morgan fingerprint density at radius 1 is 0.521 bits per heavy atom. The number of ether oxygens (including phenoxy) is 1. The van der Waals surface area contributed by atoms with Crippen molar-refractivity contribution in [2.75, 3.05) is 9.80 Å². The van der Waals surface area contributed by atoms with Crippen LogP contribution in [0.4, 0.5) is 34.1 Å². The molecule has 228 valence electrons.